The number of carbonyl (C=O) groups excluding carboxylic acids is 2. The molecule has 22 heavy (non-hydrogen) atoms. The second-order valence-electron chi connectivity index (χ2n) is 5.91. The summed E-state index contributed by atoms with van der Waals surface area (Å²) >= 11 is 0. The average Bonchev–Trinajstić information content (AvgIpc) is 2.53. The number of benzene rings is 2. The van der Waals surface area contributed by atoms with E-state index in [1.165, 1.54) is 0 Å². The summed E-state index contributed by atoms with van der Waals surface area (Å²) in [6.45, 7) is 3.65. The molecular weight excluding hydrogens is 274 g/mol. The van der Waals surface area contributed by atoms with Gasteiger partial charge in [-0.2, -0.15) is 0 Å². The number of ketones is 2. The third-order valence-electron chi connectivity index (χ3n) is 3.81. The number of Topliss-reactive ketones (excluding diaryl/α,β-unsaturated/α-hetero) is 1. The maximum Gasteiger partial charge on any atom is 0.188 e. The minimum absolute atomic E-state index is 0.0346. The quantitative estimate of drug-likeness (QED) is 0.680. The van der Waals surface area contributed by atoms with Gasteiger partial charge in [-0.1, -0.05) is 54.6 Å². The van der Waals surface area contributed by atoms with Crippen molar-refractivity contribution in [2.45, 2.75) is 19.4 Å². The van der Waals surface area contributed by atoms with E-state index >= 15 is 0 Å². The summed E-state index contributed by atoms with van der Waals surface area (Å²) in [5.41, 5.74) is 2.02. The van der Waals surface area contributed by atoms with Gasteiger partial charge in [-0.25, -0.2) is 0 Å². The summed E-state index contributed by atoms with van der Waals surface area (Å²) in [7, 11) is 0. The van der Waals surface area contributed by atoms with Crippen LogP contribution in [-0.2, 0) is 0 Å². The van der Waals surface area contributed by atoms with Gasteiger partial charge in [0.2, 0.25) is 0 Å². The lowest BCUT2D eigenvalue weighted by Crippen LogP contribution is -2.49. The molecule has 0 aromatic heterocycles. The fourth-order valence-corrected chi connectivity index (χ4v) is 2.64. The molecule has 2 aromatic rings. The van der Waals surface area contributed by atoms with Crippen molar-refractivity contribution >= 4 is 17.3 Å². The fourth-order valence-electron chi connectivity index (χ4n) is 2.64. The number of carbonyl (C=O) groups is 2. The molecule has 0 amide bonds. The summed E-state index contributed by atoms with van der Waals surface area (Å²) in [6.07, 6.45) is 1.57. The van der Waals surface area contributed by atoms with Gasteiger partial charge in [0, 0.05) is 28.5 Å². The Morgan fingerprint density at radius 1 is 0.955 bits per heavy atom. The summed E-state index contributed by atoms with van der Waals surface area (Å²) in [5, 5.41) is 3.19. The van der Waals surface area contributed by atoms with Crippen molar-refractivity contribution in [1.82, 2.24) is 5.32 Å². The van der Waals surface area contributed by atoms with Gasteiger partial charge in [0.25, 0.3) is 0 Å². The highest BCUT2D eigenvalue weighted by atomic mass is 16.1. The largest absolute Gasteiger partial charge is 0.372 e. The van der Waals surface area contributed by atoms with Crippen LogP contribution in [0.3, 0.4) is 0 Å². The molecule has 2 aromatic carbocycles. The number of allylic oxidation sites excluding steroid dienone is 1. The lowest BCUT2D eigenvalue weighted by atomic mass is 9.84. The van der Waals surface area contributed by atoms with Crippen LogP contribution in [0.1, 0.15) is 40.1 Å². The van der Waals surface area contributed by atoms with Crippen molar-refractivity contribution in [2.75, 3.05) is 0 Å². The molecule has 0 radical (unpaired) electrons. The van der Waals surface area contributed by atoms with Crippen LogP contribution in [0.2, 0.25) is 0 Å². The van der Waals surface area contributed by atoms with E-state index in [0.29, 0.717) is 16.8 Å². The van der Waals surface area contributed by atoms with E-state index in [4.69, 9.17) is 0 Å². The van der Waals surface area contributed by atoms with Crippen LogP contribution in [0, 0.1) is 0 Å². The minimum atomic E-state index is -0.725. The number of rotatable bonds is 2. The SMILES string of the molecule is CC1(C)NC(=CC(=O)c2ccccc2)c2ccccc2C1=O. The van der Waals surface area contributed by atoms with Crippen molar-refractivity contribution in [3.05, 3.63) is 77.4 Å². The highest BCUT2D eigenvalue weighted by molar-refractivity contribution is 6.14. The Bertz CT molecular complexity index is 773. The molecule has 1 N–H and O–H groups in total. The van der Waals surface area contributed by atoms with Crippen LogP contribution in [-0.4, -0.2) is 17.1 Å². The Morgan fingerprint density at radius 2 is 1.55 bits per heavy atom. The molecule has 1 heterocycles. The summed E-state index contributed by atoms with van der Waals surface area (Å²) in [5.74, 6) is -0.0459. The summed E-state index contributed by atoms with van der Waals surface area (Å²) in [4.78, 5) is 24.9. The van der Waals surface area contributed by atoms with Crippen LogP contribution in [0.5, 0.6) is 0 Å². The zero-order chi connectivity index (χ0) is 15.7. The predicted molar refractivity (Wildman–Crippen MR) is 86.7 cm³/mol. The molecular formula is C19H17NO2. The van der Waals surface area contributed by atoms with E-state index in [9.17, 15) is 9.59 Å². The molecule has 0 bridgehead atoms. The van der Waals surface area contributed by atoms with Crippen LogP contribution in [0.25, 0.3) is 5.70 Å². The fraction of sp³-hybridized carbons (Fsp3) is 0.158. The average molecular weight is 291 g/mol. The molecule has 3 rings (SSSR count). The molecule has 3 nitrogen and oxygen atoms in total. The van der Waals surface area contributed by atoms with Gasteiger partial charge < -0.3 is 5.32 Å². The molecule has 110 valence electrons. The third-order valence-corrected chi connectivity index (χ3v) is 3.81. The number of hydrogen-bond acceptors (Lipinski definition) is 3. The second-order valence-corrected chi connectivity index (χ2v) is 5.91. The van der Waals surface area contributed by atoms with E-state index in [1.807, 2.05) is 50.2 Å². The van der Waals surface area contributed by atoms with E-state index in [1.54, 1.807) is 24.3 Å². The Balaban J connectivity index is 2.07. The lowest BCUT2D eigenvalue weighted by Gasteiger charge is -2.33. The molecule has 0 unspecified atom stereocenters. The Hall–Kier alpha value is -2.68. The Morgan fingerprint density at radius 3 is 2.23 bits per heavy atom. The Labute approximate surface area is 129 Å². The van der Waals surface area contributed by atoms with Crippen LogP contribution >= 0.6 is 0 Å². The first-order valence-corrected chi connectivity index (χ1v) is 7.22. The van der Waals surface area contributed by atoms with Crippen LogP contribution < -0.4 is 5.32 Å². The van der Waals surface area contributed by atoms with E-state index < -0.39 is 5.54 Å². The Kier molecular flexibility index (Phi) is 3.41. The highest BCUT2D eigenvalue weighted by Gasteiger charge is 2.36. The zero-order valence-corrected chi connectivity index (χ0v) is 12.6. The van der Waals surface area contributed by atoms with Crippen molar-refractivity contribution in [3.8, 4) is 0 Å². The van der Waals surface area contributed by atoms with Gasteiger partial charge in [-0.15, -0.1) is 0 Å². The van der Waals surface area contributed by atoms with E-state index in [2.05, 4.69) is 5.32 Å². The number of hydrogen-bond donors (Lipinski definition) is 1. The molecule has 0 aliphatic carbocycles. The van der Waals surface area contributed by atoms with Gasteiger partial charge >= 0.3 is 0 Å². The molecule has 0 saturated heterocycles. The van der Waals surface area contributed by atoms with Crippen LogP contribution in [0.4, 0.5) is 0 Å². The molecule has 3 heteroatoms. The lowest BCUT2D eigenvalue weighted by molar-refractivity contribution is 0.0888. The molecule has 0 spiro atoms. The number of fused-ring (bicyclic) bond motifs is 1. The topological polar surface area (TPSA) is 46.2 Å². The first-order valence-electron chi connectivity index (χ1n) is 7.22. The zero-order valence-electron chi connectivity index (χ0n) is 12.6. The first-order chi connectivity index (χ1) is 10.5. The van der Waals surface area contributed by atoms with E-state index in [0.717, 1.165) is 5.56 Å². The van der Waals surface area contributed by atoms with E-state index in [-0.39, 0.29) is 11.6 Å². The normalized spacial score (nSPS) is 17.7. The third kappa shape index (κ3) is 2.46. The van der Waals surface area contributed by atoms with Crippen LogP contribution in [0.15, 0.2) is 60.7 Å². The summed E-state index contributed by atoms with van der Waals surface area (Å²) < 4.78 is 0. The van der Waals surface area contributed by atoms with Gasteiger partial charge in [-0.05, 0) is 13.8 Å². The molecule has 0 atom stereocenters. The molecule has 0 saturated carbocycles. The van der Waals surface area contributed by atoms with Crippen molar-refractivity contribution < 1.29 is 9.59 Å². The van der Waals surface area contributed by atoms with Crippen molar-refractivity contribution in [2.24, 2.45) is 0 Å². The van der Waals surface area contributed by atoms with Crippen molar-refractivity contribution in [1.29, 1.82) is 0 Å². The predicted octanol–water partition coefficient (Wildman–Crippen LogP) is 3.47. The molecule has 0 fully saturated rings. The van der Waals surface area contributed by atoms with Gasteiger partial charge in [0.05, 0.1) is 5.54 Å². The van der Waals surface area contributed by atoms with Gasteiger partial charge in [0.1, 0.15) is 0 Å². The maximum atomic E-state index is 12.5. The highest BCUT2D eigenvalue weighted by Crippen LogP contribution is 2.29. The second kappa shape index (κ2) is 5.26. The summed E-state index contributed by atoms with van der Waals surface area (Å²) in [6, 6.07) is 16.5. The number of nitrogens with one attached hydrogen (secondary N) is 1. The maximum absolute atomic E-state index is 12.5. The first kappa shape index (κ1) is 14.3. The smallest absolute Gasteiger partial charge is 0.188 e. The monoisotopic (exact) mass is 291 g/mol. The van der Waals surface area contributed by atoms with Gasteiger partial charge in [0.15, 0.2) is 11.6 Å². The standard InChI is InChI=1S/C19H17NO2/c1-19(2)18(22)15-11-7-6-10-14(15)16(20-19)12-17(21)13-8-4-3-5-9-13/h3-12,20H,1-2H3. The molecule has 1 aliphatic rings. The molecule has 1 aliphatic heterocycles. The van der Waals surface area contributed by atoms with Crippen molar-refractivity contribution in [3.63, 3.8) is 0 Å². The minimum Gasteiger partial charge on any atom is -0.372 e. The van der Waals surface area contributed by atoms with Gasteiger partial charge in [-0.3, -0.25) is 9.59 Å².